The number of halogens is 2. The van der Waals surface area contributed by atoms with Crippen molar-refractivity contribution in [3.05, 3.63) is 28.0 Å². The molecular weight excluding hydrogens is 323 g/mol. The molecule has 0 unspecified atom stereocenters. The normalized spacial score (nSPS) is 16.8. The largest absolute Gasteiger partial charge is 0.396 e. The number of benzene rings is 1. The molecule has 1 heterocycles. The molecule has 1 fully saturated rings. The minimum absolute atomic E-state index is 0.00798. The minimum atomic E-state index is -0.507. The van der Waals surface area contributed by atoms with Crippen molar-refractivity contribution in [3.63, 3.8) is 0 Å². The zero-order valence-corrected chi connectivity index (χ0v) is 13.4. The molecule has 0 aromatic heterocycles. The predicted molar refractivity (Wildman–Crippen MR) is 82.0 cm³/mol. The Hall–Kier alpha value is -1.10. The third kappa shape index (κ3) is 3.14. The molecule has 20 heavy (non-hydrogen) atoms. The molecule has 2 N–H and O–H groups in total. The van der Waals surface area contributed by atoms with Crippen LogP contribution in [0.3, 0.4) is 0 Å². The number of carbonyl (C=O) groups is 1. The SMILES string of the molecule is CC(C)C1CCN(C(=O)c2cc(N)c(F)cc2Br)CC1. The first-order valence-corrected chi connectivity index (χ1v) is 7.73. The van der Waals surface area contributed by atoms with Crippen molar-refractivity contribution < 1.29 is 9.18 Å². The number of carbonyl (C=O) groups excluding carboxylic acids is 1. The second kappa shape index (κ2) is 6.12. The number of rotatable bonds is 2. The van der Waals surface area contributed by atoms with E-state index >= 15 is 0 Å². The molecule has 110 valence electrons. The van der Waals surface area contributed by atoms with Crippen LogP contribution in [0, 0.1) is 17.7 Å². The van der Waals surface area contributed by atoms with Gasteiger partial charge in [-0.15, -0.1) is 0 Å². The van der Waals surface area contributed by atoms with Crippen molar-refractivity contribution >= 4 is 27.5 Å². The molecule has 1 aromatic rings. The van der Waals surface area contributed by atoms with Crippen molar-refractivity contribution in [2.24, 2.45) is 11.8 Å². The van der Waals surface area contributed by atoms with E-state index in [2.05, 4.69) is 29.8 Å². The van der Waals surface area contributed by atoms with Gasteiger partial charge in [-0.25, -0.2) is 4.39 Å². The second-order valence-corrected chi connectivity index (χ2v) is 6.58. The fourth-order valence-corrected chi connectivity index (χ4v) is 3.15. The minimum Gasteiger partial charge on any atom is -0.396 e. The van der Waals surface area contributed by atoms with E-state index in [1.807, 2.05) is 4.90 Å². The molecule has 0 atom stereocenters. The average Bonchev–Trinajstić information content (AvgIpc) is 2.42. The first-order chi connectivity index (χ1) is 9.40. The van der Waals surface area contributed by atoms with Gasteiger partial charge in [-0.3, -0.25) is 4.79 Å². The molecule has 0 bridgehead atoms. The van der Waals surface area contributed by atoms with Crippen LogP contribution in [0.25, 0.3) is 0 Å². The molecular formula is C15H20BrFN2O. The topological polar surface area (TPSA) is 46.3 Å². The Labute approximate surface area is 127 Å². The summed E-state index contributed by atoms with van der Waals surface area (Å²) in [6.07, 6.45) is 2.05. The Morgan fingerprint density at radius 1 is 1.40 bits per heavy atom. The van der Waals surface area contributed by atoms with Crippen LogP contribution < -0.4 is 5.73 Å². The zero-order chi connectivity index (χ0) is 14.9. The lowest BCUT2D eigenvalue weighted by molar-refractivity contribution is 0.0667. The number of hydrogen-bond donors (Lipinski definition) is 1. The molecule has 0 radical (unpaired) electrons. The fraction of sp³-hybridized carbons (Fsp3) is 0.533. The molecule has 1 amide bonds. The monoisotopic (exact) mass is 342 g/mol. The maximum absolute atomic E-state index is 13.3. The standard InChI is InChI=1S/C15H20BrFN2O/c1-9(2)10-3-5-19(6-4-10)15(20)11-7-14(18)13(17)8-12(11)16/h7-10H,3-6,18H2,1-2H3. The van der Waals surface area contributed by atoms with Crippen molar-refractivity contribution in [3.8, 4) is 0 Å². The van der Waals surface area contributed by atoms with Crippen LogP contribution in [0.4, 0.5) is 10.1 Å². The molecule has 0 aliphatic carbocycles. The quantitative estimate of drug-likeness (QED) is 0.833. The molecule has 2 rings (SSSR count). The van der Waals surface area contributed by atoms with Gasteiger partial charge in [0.1, 0.15) is 5.82 Å². The molecule has 1 saturated heterocycles. The highest BCUT2D eigenvalue weighted by molar-refractivity contribution is 9.10. The van der Waals surface area contributed by atoms with Gasteiger partial charge in [-0.1, -0.05) is 13.8 Å². The lowest BCUT2D eigenvalue weighted by Crippen LogP contribution is -2.39. The van der Waals surface area contributed by atoms with Gasteiger partial charge in [-0.05, 0) is 52.7 Å². The highest BCUT2D eigenvalue weighted by atomic mass is 79.9. The fourth-order valence-electron chi connectivity index (χ4n) is 2.67. The maximum Gasteiger partial charge on any atom is 0.255 e. The van der Waals surface area contributed by atoms with Gasteiger partial charge in [0.05, 0.1) is 11.3 Å². The Morgan fingerprint density at radius 3 is 2.55 bits per heavy atom. The van der Waals surface area contributed by atoms with E-state index in [9.17, 15) is 9.18 Å². The summed E-state index contributed by atoms with van der Waals surface area (Å²) in [4.78, 5) is 14.3. The van der Waals surface area contributed by atoms with Gasteiger partial charge < -0.3 is 10.6 Å². The number of anilines is 1. The third-order valence-electron chi connectivity index (χ3n) is 4.09. The summed E-state index contributed by atoms with van der Waals surface area (Å²) < 4.78 is 13.8. The van der Waals surface area contributed by atoms with Crippen LogP contribution in [0.5, 0.6) is 0 Å². The summed E-state index contributed by atoms with van der Waals surface area (Å²) in [6.45, 7) is 5.95. The number of piperidine rings is 1. The molecule has 1 aliphatic heterocycles. The Balaban J connectivity index is 2.11. The van der Waals surface area contributed by atoms with E-state index in [0.717, 1.165) is 25.9 Å². The number of nitrogen functional groups attached to an aromatic ring is 1. The van der Waals surface area contributed by atoms with Crippen LogP contribution in [0.1, 0.15) is 37.0 Å². The molecule has 1 aromatic carbocycles. The predicted octanol–water partition coefficient (Wildman–Crippen LogP) is 3.68. The van der Waals surface area contributed by atoms with Crippen molar-refractivity contribution in [1.82, 2.24) is 4.90 Å². The van der Waals surface area contributed by atoms with Gasteiger partial charge in [0.2, 0.25) is 0 Å². The summed E-state index contributed by atoms with van der Waals surface area (Å²) in [5.74, 6) is 0.749. The van der Waals surface area contributed by atoms with Crippen LogP contribution in [-0.4, -0.2) is 23.9 Å². The van der Waals surface area contributed by atoms with E-state index < -0.39 is 5.82 Å². The first-order valence-electron chi connectivity index (χ1n) is 6.94. The average molecular weight is 343 g/mol. The lowest BCUT2D eigenvalue weighted by Gasteiger charge is -2.34. The van der Waals surface area contributed by atoms with Gasteiger partial charge in [0.15, 0.2) is 0 Å². The summed E-state index contributed by atoms with van der Waals surface area (Å²) >= 11 is 3.24. The molecule has 0 saturated carbocycles. The van der Waals surface area contributed by atoms with E-state index in [-0.39, 0.29) is 11.6 Å². The van der Waals surface area contributed by atoms with Crippen LogP contribution in [0.15, 0.2) is 16.6 Å². The highest BCUT2D eigenvalue weighted by Crippen LogP contribution is 2.28. The van der Waals surface area contributed by atoms with Crippen LogP contribution in [0.2, 0.25) is 0 Å². The molecule has 5 heteroatoms. The zero-order valence-electron chi connectivity index (χ0n) is 11.8. The van der Waals surface area contributed by atoms with Crippen molar-refractivity contribution in [2.75, 3.05) is 18.8 Å². The van der Waals surface area contributed by atoms with E-state index in [0.29, 0.717) is 21.9 Å². The summed E-state index contributed by atoms with van der Waals surface area (Å²) in [5, 5.41) is 0. The Kier molecular flexibility index (Phi) is 4.68. The lowest BCUT2D eigenvalue weighted by atomic mass is 9.86. The highest BCUT2D eigenvalue weighted by Gasteiger charge is 2.26. The summed E-state index contributed by atoms with van der Waals surface area (Å²) in [7, 11) is 0. The van der Waals surface area contributed by atoms with E-state index in [1.54, 1.807) is 0 Å². The molecule has 3 nitrogen and oxygen atoms in total. The van der Waals surface area contributed by atoms with Crippen LogP contribution >= 0.6 is 15.9 Å². The number of hydrogen-bond acceptors (Lipinski definition) is 2. The molecule has 0 spiro atoms. The third-order valence-corrected chi connectivity index (χ3v) is 4.74. The number of nitrogens with zero attached hydrogens (tertiary/aromatic N) is 1. The van der Waals surface area contributed by atoms with Crippen molar-refractivity contribution in [2.45, 2.75) is 26.7 Å². The van der Waals surface area contributed by atoms with E-state index in [1.165, 1.54) is 12.1 Å². The number of likely N-dealkylation sites (tertiary alicyclic amines) is 1. The molecule has 1 aliphatic rings. The summed E-state index contributed by atoms with van der Waals surface area (Å²) in [6, 6.07) is 2.67. The van der Waals surface area contributed by atoms with Gasteiger partial charge in [0.25, 0.3) is 5.91 Å². The Morgan fingerprint density at radius 2 is 2.00 bits per heavy atom. The van der Waals surface area contributed by atoms with Crippen molar-refractivity contribution in [1.29, 1.82) is 0 Å². The van der Waals surface area contributed by atoms with E-state index in [4.69, 9.17) is 5.73 Å². The first kappa shape index (κ1) is 15.3. The Bertz CT molecular complexity index is 511. The second-order valence-electron chi connectivity index (χ2n) is 5.73. The van der Waals surface area contributed by atoms with Gasteiger partial charge in [0, 0.05) is 17.6 Å². The van der Waals surface area contributed by atoms with Gasteiger partial charge in [-0.2, -0.15) is 0 Å². The van der Waals surface area contributed by atoms with Gasteiger partial charge >= 0.3 is 0 Å². The summed E-state index contributed by atoms with van der Waals surface area (Å²) in [5.41, 5.74) is 6.00. The smallest absolute Gasteiger partial charge is 0.255 e. The number of nitrogens with two attached hydrogens (primary N) is 1. The maximum atomic E-state index is 13.3. The number of amides is 1. The van der Waals surface area contributed by atoms with Crippen LogP contribution in [-0.2, 0) is 0 Å².